The Hall–Kier alpha value is -0.340. The molecule has 0 saturated heterocycles. The van der Waals surface area contributed by atoms with E-state index in [0.29, 0.717) is 6.04 Å². The third-order valence-electron chi connectivity index (χ3n) is 3.69. The van der Waals surface area contributed by atoms with Crippen molar-refractivity contribution in [1.29, 1.82) is 0 Å². The van der Waals surface area contributed by atoms with E-state index in [2.05, 4.69) is 43.1 Å². The van der Waals surface area contributed by atoms with Crippen molar-refractivity contribution in [3.8, 4) is 0 Å². The van der Waals surface area contributed by atoms with Gasteiger partial charge in [0.1, 0.15) is 0 Å². The zero-order valence-corrected chi connectivity index (χ0v) is 11.2. The Morgan fingerprint density at radius 1 is 1.31 bits per heavy atom. The van der Waals surface area contributed by atoms with Crippen molar-refractivity contribution >= 4 is 0 Å². The maximum Gasteiger partial charge on any atom is 0.0192 e. The van der Waals surface area contributed by atoms with Crippen LogP contribution in [0.2, 0.25) is 0 Å². The lowest BCUT2D eigenvalue weighted by molar-refractivity contribution is 0.223. The highest BCUT2D eigenvalue weighted by molar-refractivity contribution is 4.90. The molecule has 0 saturated carbocycles. The molecule has 0 aromatic heterocycles. The van der Waals surface area contributed by atoms with Gasteiger partial charge in [0.05, 0.1) is 0 Å². The number of hydrogen-bond donors (Lipinski definition) is 1. The summed E-state index contributed by atoms with van der Waals surface area (Å²) in [7, 11) is 0. The van der Waals surface area contributed by atoms with Crippen LogP contribution in [-0.4, -0.2) is 37.1 Å². The molecule has 1 rings (SSSR count). The van der Waals surface area contributed by atoms with Crippen molar-refractivity contribution < 1.29 is 0 Å². The minimum absolute atomic E-state index is 0.661. The summed E-state index contributed by atoms with van der Waals surface area (Å²) < 4.78 is 0. The average molecular weight is 224 g/mol. The van der Waals surface area contributed by atoms with Crippen LogP contribution in [0, 0.1) is 5.92 Å². The highest BCUT2D eigenvalue weighted by atomic mass is 15.2. The molecule has 0 spiro atoms. The van der Waals surface area contributed by atoms with Crippen LogP contribution in [0.4, 0.5) is 0 Å². The van der Waals surface area contributed by atoms with E-state index in [4.69, 9.17) is 0 Å². The number of nitrogens with zero attached hydrogens (tertiary/aromatic N) is 1. The van der Waals surface area contributed by atoms with E-state index in [1.807, 2.05) is 0 Å². The molecule has 1 N–H and O–H groups in total. The topological polar surface area (TPSA) is 15.3 Å². The molecule has 2 nitrogen and oxygen atoms in total. The zero-order chi connectivity index (χ0) is 11.8. The summed E-state index contributed by atoms with van der Waals surface area (Å²) in [6, 6.07) is 0.661. The van der Waals surface area contributed by atoms with Crippen LogP contribution in [0.5, 0.6) is 0 Å². The molecule has 0 aliphatic heterocycles. The van der Waals surface area contributed by atoms with Gasteiger partial charge >= 0.3 is 0 Å². The lowest BCUT2D eigenvalue weighted by atomic mass is 9.94. The fourth-order valence-electron chi connectivity index (χ4n) is 2.51. The summed E-state index contributed by atoms with van der Waals surface area (Å²) in [5.41, 5.74) is 0. The van der Waals surface area contributed by atoms with E-state index in [1.54, 1.807) is 0 Å². The Morgan fingerprint density at radius 2 is 2.06 bits per heavy atom. The summed E-state index contributed by atoms with van der Waals surface area (Å²) in [6.07, 6.45) is 8.56. The van der Waals surface area contributed by atoms with E-state index < -0.39 is 0 Å². The van der Waals surface area contributed by atoms with Gasteiger partial charge in [-0.05, 0) is 51.7 Å². The van der Waals surface area contributed by atoms with Gasteiger partial charge < -0.3 is 5.32 Å². The van der Waals surface area contributed by atoms with Crippen LogP contribution < -0.4 is 5.32 Å². The van der Waals surface area contributed by atoms with Crippen LogP contribution in [0.25, 0.3) is 0 Å². The van der Waals surface area contributed by atoms with Crippen LogP contribution in [0.1, 0.15) is 40.0 Å². The Balaban J connectivity index is 2.11. The van der Waals surface area contributed by atoms with E-state index in [1.165, 1.54) is 25.8 Å². The molecule has 1 aliphatic carbocycles. The van der Waals surface area contributed by atoms with Crippen LogP contribution >= 0.6 is 0 Å². The highest BCUT2D eigenvalue weighted by Gasteiger charge is 2.12. The first-order valence-electron chi connectivity index (χ1n) is 6.87. The SMILES string of the molecule is CCN(CC)C(C)CNCC1CC=CCC1. The largest absolute Gasteiger partial charge is 0.315 e. The monoisotopic (exact) mass is 224 g/mol. The number of allylic oxidation sites excluding steroid dienone is 2. The van der Waals surface area contributed by atoms with E-state index in [9.17, 15) is 0 Å². The van der Waals surface area contributed by atoms with E-state index in [0.717, 1.165) is 25.6 Å². The molecule has 0 aromatic carbocycles. The molecule has 94 valence electrons. The average Bonchev–Trinajstić information content (AvgIpc) is 2.32. The summed E-state index contributed by atoms with van der Waals surface area (Å²) in [6.45, 7) is 11.4. The molecular formula is C14H28N2. The van der Waals surface area contributed by atoms with Gasteiger partial charge in [-0.15, -0.1) is 0 Å². The number of rotatable bonds is 7. The summed E-state index contributed by atoms with van der Waals surface area (Å²) in [5.74, 6) is 0.869. The second-order valence-electron chi connectivity index (χ2n) is 4.88. The zero-order valence-electron chi connectivity index (χ0n) is 11.2. The molecule has 0 aromatic rings. The molecule has 0 fully saturated rings. The Bertz CT molecular complexity index is 197. The molecule has 1 aliphatic rings. The van der Waals surface area contributed by atoms with Crippen LogP contribution in [0.15, 0.2) is 12.2 Å². The fourth-order valence-corrected chi connectivity index (χ4v) is 2.51. The van der Waals surface area contributed by atoms with E-state index >= 15 is 0 Å². The van der Waals surface area contributed by atoms with E-state index in [-0.39, 0.29) is 0 Å². The predicted octanol–water partition coefficient (Wildman–Crippen LogP) is 2.66. The second-order valence-corrected chi connectivity index (χ2v) is 4.88. The lowest BCUT2D eigenvalue weighted by Crippen LogP contribution is -2.41. The van der Waals surface area contributed by atoms with Crippen LogP contribution in [-0.2, 0) is 0 Å². The third-order valence-corrected chi connectivity index (χ3v) is 3.69. The number of nitrogens with one attached hydrogen (secondary N) is 1. The van der Waals surface area contributed by atoms with Gasteiger partial charge in [-0.25, -0.2) is 0 Å². The summed E-state index contributed by atoms with van der Waals surface area (Å²) in [4.78, 5) is 2.51. The maximum absolute atomic E-state index is 3.63. The number of likely N-dealkylation sites (N-methyl/N-ethyl adjacent to an activating group) is 1. The predicted molar refractivity (Wildman–Crippen MR) is 71.7 cm³/mol. The standard InChI is InChI=1S/C14H28N2/c1-4-16(5-2)13(3)11-15-12-14-9-7-6-8-10-14/h6-7,13-15H,4-5,8-12H2,1-3H3. The molecule has 2 atom stereocenters. The van der Waals surface area contributed by atoms with Gasteiger partial charge in [0, 0.05) is 12.6 Å². The number of hydrogen-bond acceptors (Lipinski definition) is 2. The Labute approximate surface area is 101 Å². The van der Waals surface area contributed by atoms with Crippen molar-refractivity contribution in [2.45, 2.75) is 46.1 Å². The third kappa shape index (κ3) is 4.67. The molecule has 2 unspecified atom stereocenters. The molecule has 0 radical (unpaired) electrons. The summed E-state index contributed by atoms with van der Waals surface area (Å²) >= 11 is 0. The molecule has 0 heterocycles. The Morgan fingerprint density at radius 3 is 2.62 bits per heavy atom. The first-order valence-corrected chi connectivity index (χ1v) is 6.87. The molecule has 0 bridgehead atoms. The van der Waals surface area contributed by atoms with Gasteiger partial charge in [0.15, 0.2) is 0 Å². The van der Waals surface area contributed by atoms with Crippen molar-refractivity contribution in [2.24, 2.45) is 5.92 Å². The molecule has 16 heavy (non-hydrogen) atoms. The van der Waals surface area contributed by atoms with Gasteiger partial charge in [0.25, 0.3) is 0 Å². The highest BCUT2D eigenvalue weighted by Crippen LogP contribution is 2.16. The minimum Gasteiger partial charge on any atom is -0.315 e. The lowest BCUT2D eigenvalue weighted by Gasteiger charge is -2.27. The molecule has 2 heteroatoms. The second kappa shape index (κ2) is 7.86. The molecule has 0 amide bonds. The quantitative estimate of drug-likeness (QED) is 0.669. The van der Waals surface area contributed by atoms with Crippen molar-refractivity contribution in [3.05, 3.63) is 12.2 Å². The maximum atomic E-state index is 3.63. The van der Waals surface area contributed by atoms with Crippen molar-refractivity contribution in [2.75, 3.05) is 26.2 Å². The van der Waals surface area contributed by atoms with Crippen molar-refractivity contribution in [3.63, 3.8) is 0 Å². The van der Waals surface area contributed by atoms with Crippen molar-refractivity contribution in [1.82, 2.24) is 10.2 Å². The van der Waals surface area contributed by atoms with Gasteiger partial charge in [-0.3, -0.25) is 4.90 Å². The Kier molecular flexibility index (Phi) is 6.74. The fraction of sp³-hybridized carbons (Fsp3) is 0.857. The first kappa shape index (κ1) is 13.7. The summed E-state index contributed by atoms with van der Waals surface area (Å²) in [5, 5.41) is 3.63. The smallest absolute Gasteiger partial charge is 0.0192 e. The van der Waals surface area contributed by atoms with Gasteiger partial charge in [-0.1, -0.05) is 26.0 Å². The molecular weight excluding hydrogens is 196 g/mol. The van der Waals surface area contributed by atoms with Gasteiger partial charge in [-0.2, -0.15) is 0 Å². The van der Waals surface area contributed by atoms with Crippen LogP contribution in [0.3, 0.4) is 0 Å². The minimum atomic E-state index is 0.661. The normalized spacial score (nSPS) is 22.6. The first-order chi connectivity index (χ1) is 7.77. The van der Waals surface area contributed by atoms with Gasteiger partial charge in [0.2, 0.25) is 0 Å².